The summed E-state index contributed by atoms with van der Waals surface area (Å²) < 4.78 is 30.6. The first kappa shape index (κ1) is 22.6. The molecule has 0 saturated heterocycles. The minimum absolute atomic E-state index is 0.231. The number of nitrogens with one attached hydrogen (secondary N) is 2. The Balaban J connectivity index is 1.40. The maximum atomic E-state index is 13.0. The number of nitrogens with zero attached hydrogens (tertiary/aromatic N) is 2. The van der Waals surface area contributed by atoms with Crippen LogP contribution in [0.2, 0.25) is 0 Å². The van der Waals surface area contributed by atoms with E-state index in [0.717, 1.165) is 17.2 Å². The number of hydrogen-bond donors (Lipinski definition) is 2. The lowest BCUT2D eigenvalue weighted by molar-refractivity contribution is 0.305. The molecule has 1 aliphatic rings. The van der Waals surface area contributed by atoms with Gasteiger partial charge in [-0.15, -0.1) is 0 Å². The first-order chi connectivity index (χ1) is 15.5. The maximum Gasteiger partial charge on any atom is 0.261 e. The Bertz CT molecular complexity index is 1090. The molecule has 1 aliphatic carbocycles. The topological polar surface area (TPSA) is 76.0 Å². The molecular weight excluding hydrogens is 420 g/mol. The fourth-order valence-corrected chi connectivity index (χ4v) is 5.58. The van der Waals surface area contributed by atoms with E-state index in [1.54, 1.807) is 36.8 Å². The van der Waals surface area contributed by atoms with Gasteiger partial charge in [-0.2, -0.15) is 0 Å². The first-order valence-electron chi connectivity index (χ1n) is 11.4. The molecule has 32 heavy (non-hydrogen) atoms. The molecule has 6 nitrogen and oxygen atoms in total. The van der Waals surface area contributed by atoms with Crippen LogP contribution < -0.4 is 10.0 Å². The van der Waals surface area contributed by atoms with E-state index >= 15 is 0 Å². The van der Waals surface area contributed by atoms with Crippen LogP contribution in [0.1, 0.15) is 51.0 Å². The van der Waals surface area contributed by atoms with E-state index in [-0.39, 0.29) is 4.90 Å². The van der Waals surface area contributed by atoms with Crippen LogP contribution in [0.5, 0.6) is 0 Å². The Morgan fingerprint density at radius 2 is 1.81 bits per heavy atom. The average Bonchev–Trinajstić information content (AvgIpc) is 3.34. The smallest absolute Gasteiger partial charge is 0.261 e. The molecule has 170 valence electrons. The van der Waals surface area contributed by atoms with E-state index < -0.39 is 10.0 Å². The van der Waals surface area contributed by atoms with Crippen molar-refractivity contribution < 1.29 is 8.42 Å². The van der Waals surface area contributed by atoms with Crippen molar-refractivity contribution in [2.24, 2.45) is 5.92 Å². The summed E-state index contributed by atoms with van der Waals surface area (Å²) in [4.78, 5) is 4.26. The lowest BCUT2D eigenvalue weighted by Gasteiger charge is -2.25. The number of para-hydroxylation sites is 1. The van der Waals surface area contributed by atoms with Crippen LogP contribution in [-0.4, -0.2) is 24.0 Å². The van der Waals surface area contributed by atoms with Crippen LogP contribution in [0.3, 0.4) is 0 Å². The predicted molar refractivity (Wildman–Crippen MR) is 128 cm³/mol. The van der Waals surface area contributed by atoms with Crippen molar-refractivity contribution >= 4 is 15.7 Å². The minimum atomic E-state index is -3.69. The zero-order valence-corrected chi connectivity index (χ0v) is 19.4. The Hall–Kier alpha value is -2.64. The molecule has 2 aromatic carbocycles. The quantitative estimate of drug-likeness (QED) is 0.472. The molecule has 4 rings (SSSR count). The van der Waals surface area contributed by atoms with Gasteiger partial charge in [0, 0.05) is 30.7 Å². The second-order valence-corrected chi connectivity index (χ2v) is 10.4. The van der Waals surface area contributed by atoms with E-state index in [0.29, 0.717) is 18.3 Å². The molecule has 7 heteroatoms. The van der Waals surface area contributed by atoms with Crippen LogP contribution in [0.15, 0.2) is 72.1 Å². The highest BCUT2D eigenvalue weighted by Gasteiger charge is 2.18. The second-order valence-electron chi connectivity index (χ2n) is 8.75. The molecular formula is C25H32N4O2S. The molecule has 1 saturated carbocycles. The van der Waals surface area contributed by atoms with Crippen molar-refractivity contribution in [2.45, 2.75) is 62.9 Å². The number of hydrogen-bond acceptors (Lipinski definition) is 4. The van der Waals surface area contributed by atoms with Gasteiger partial charge in [-0.25, -0.2) is 13.4 Å². The third-order valence-corrected chi connectivity index (χ3v) is 7.65. The maximum absolute atomic E-state index is 13.0. The summed E-state index contributed by atoms with van der Waals surface area (Å²) in [6, 6.07) is 14.8. The molecule has 0 amide bonds. The molecule has 1 aromatic heterocycles. The van der Waals surface area contributed by atoms with Gasteiger partial charge in [0.2, 0.25) is 0 Å². The van der Waals surface area contributed by atoms with Crippen molar-refractivity contribution in [1.29, 1.82) is 0 Å². The van der Waals surface area contributed by atoms with Crippen molar-refractivity contribution in [3.63, 3.8) is 0 Å². The Morgan fingerprint density at radius 3 is 2.53 bits per heavy atom. The highest BCUT2D eigenvalue weighted by molar-refractivity contribution is 7.92. The van der Waals surface area contributed by atoms with Crippen LogP contribution in [0.4, 0.5) is 5.69 Å². The summed E-state index contributed by atoms with van der Waals surface area (Å²) in [6.45, 7) is 2.86. The van der Waals surface area contributed by atoms with Crippen LogP contribution >= 0.6 is 0 Å². The predicted octanol–water partition coefficient (Wildman–Crippen LogP) is 5.12. The highest BCUT2D eigenvalue weighted by Crippen LogP contribution is 2.27. The number of sulfonamides is 1. The molecule has 3 aromatic rings. The first-order valence-corrected chi connectivity index (χ1v) is 12.9. The molecule has 2 N–H and O–H groups in total. The third-order valence-electron chi connectivity index (χ3n) is 6.26. The zero-order valence-electron chi connectivity index (χ0n) is 18.6. The van der Waals surface area contributed by atoms with E-state index in [2.05, 4.69) is 21.9 Å². The van der Waals surface area contributed by atoms with Gasteiger partial charge in [-0.05, 0) is 55.2 Å². The van der Waals surface area contributed by atoms with Gasteiger partial charge in [0.25, 0.3) is 10.0 Å². The summed E-state index contributed by atoms with van der Waals surface area (Å²) in [7, 11) is -3.69. The fourth-order valence-electron chi connectivity index (χ4n) is 4.48. The summed E-state index contributed by atoms with van der Waals surface area (Å²) >= 11 is 0. The summed E-state index contributed by atoms with van der Waals surface area (Å²) in [5, 5.41) is 3.59. The fraction of sp³-hybridized carbons (Fsp3) is 0.400. The average molecular weight is 453 g/mol. The summed E-state index contributed by atoms with van der Waals surface area (Å²) in [5.41, 5.74) is 2.42. The normalized spacial score (nSPS) is 16.0. The molecule has 1 fully saturated rings. The molecule has 0 bridgehead atoms. The summed E-state index contributed by atoms with van der Waals surface area (Å²) in [6.07, 6.45) is 13.1. The zero-order chi connectivity index (χ0) is 22.4. The minimum Gasteiger partial charge on any atom is -0.310 e. The van der Waals surface area contributed by atoms with Gasteiger partial charge in [-0.1, -0.05) is 50.3 Å². The van der Waals surface area contributed by atoms with Crippen molar-refractivity contribution in [1.82, 2.24) is 14.9 Å². The van der Waals surface area contributed by atoms with E-state index in [9.17, 15) is 8.42 Å². The van der Waals surface area contributed by atoms with E-state index in [1.165, 1.54) is 38.5 Å². The molecule has 1 heterocycles. The number of benzene rings is 2. The lowest BCUT2D eigenvalue weighted by atomic mass is 9.85. The third kappa shape index (κ3) is 5.78. The Morgan fingerprint density at radius 1 is 1.06 bits per heavy atom. The highest BCUT2D eigenvalue weighted by atomic mass is 32.2. The second kappa shape index (κ2) is 10.3. The molecule has 1 unspecified atom stereocenters. The SMILES string of the molecule is CC(CC1CCCCC1)NCc1ccccc1NS(=O)(=O)c1ccc(-n2ccnc2)cc1. The van der Waals surface area contributed by atoms with Crippen molar-refractivity contribution in [3.05, 3.63) is 72.8 Å². The Labute approximate surface area is 191 Å². The number of imidazole rings is 1. The van der Waals surface area contributed by atoms with Crippen molar-refractivity contribution in [3.8, 4) is 5.69 Å². The van der Waals surface area contributed by atoms with Crippen LogP contribution in [0.25, 0.3) is 5.69 Å². The van der Waals surface area contributed by atoms with Gasteiger partial charge < -0.3 is 9.88 Å². The van der Waals surface area contributed by atoms with Crippen molar-refractivity contribution in [2.75, 3.05) is 4.72 Å². The summed E-state index contributed by atoms with van der Waals surface area (Å²) in [5.74, 6) is 0.810. The van der Waals surface area contributed by atoms with E-state index in [4.69, 9.17) is 0 Å². The van der Waals surface area contributed by atoms with Gasteiger partial charge in [0.15, 0.2) is 0 Å². The molecule has 0 spiro atoms. The van der Waals surface area contributed by atoms with Gasteiger partial charge in [-0.3, -0.25) is 4.72 Å². The molecule has 1 atom stereocenters. The van der Waals surface area contributed by atoms with Crippen LogP contribution in [0, 0.1) is 5.92 Å². The number of rotatable bonds is 9. The lowest BCUT2D eigenvalue weighted by Crippen LogP contribution is -2.29. The molecule has 0 aliphatic heterocycles. The standard InChI is InChI=1S/C25H32N4O2S/c1-20(17-21-7-3-2-4-8-21)27-18-22-9-5-6-10-25(22)28-32(30,31)24-13-11-23(12-14-24)29-16-15-26-19-29/h5-6,9-16,19-21,27-28H,2-4,7-8,17-18H2,1H3. The Kier molecular flexibility index (Phi) is 7.27. The monoisotopic (exact) mass is 452 g/mol. The number of anilines is 1. The number of aromatic nitrogens is 2. The van der Waals surface area contributed by atoms with Crippen LogP contribution in [-0.2, 0) is 16.6 Å². The van der Waals surface area contributed by atoms with Gasteiger partial charge >= 0.3 is 0 Å². The van der Waals surface area contributed by atoms with Gasteiger partial charge in [0.05, 0.1) is 16.9 Å². The largest absolute Gasteiger partial charge is 0.310 e. The molecule has 0 radical (unpaired) electrons. The van der Waals surface area contributed by atoms with Gasteiger partial charge in [0.1, 0.15) is 0 Å². The van der Waals surface area contributed by atoms with E-state index in [1.807, 2.05) is 35.0 Å².